The minimum atomic E-state index is -5.08. The summed E-state index contributed by atoms with van der Waals surface area (Å²) in [6, 6.07) is 3.65. The molecule has 0 fully saturated rings. The van der Waals surface area contributed by atoms with E-state index in [0.29, 0.717) is 0 Å². The largest absolute Gasteiger partial charge is 0.359 e. The Labute approximate surface area is 147 Å². The Hall–Kier alpha value is -2.60. The van der Waals surface area contributed by atoms with Crippen molar-refractivity contribution in [3.8, 4) is 0 Å². The monoisotopic (exact) mass is 396 g/mol. The van der Waals surface area contributed by atoms with E-state index in [2.05, 4.69) is 4.98 Å². The van der Waals surface area contributed by atoms with Crippen molar-refractivity contribution in [3.63, 3.8) is 0 Å². The predicted octanol–water partition coefficient (Wildman–Crippen LogP) is -0.276. The predicted molar refractivity (Wildman–Crippen MR) is 90.8 cm³/mol. The van der Waals surface area contributed by atoms with Crippen LogP contribution >= 0.6 is 0 Å². The number of ketones is 1. The van der Waals surface area contributed by atoms with E-state index in [-0.39, 0.29) is 28.3 Å². The van der Waals surface area contributed by atoms with Gasteiger partial charge in [-0.25, -0.2) is 0 Å². The maximum absolute atomic E-state index is 12.7. The van der Waals surface area contributed by atoms with Crippen LogP contribution in [0.1, 0.15) is 22.5 Å². The van der Waals surface area contributed by atoms with Gasteiger partial charge in [0.25, 0.3) is 20.2 Å². The van der Waals surface area contributed by atoms with Gasteiger partial charge in [-0.15, -0.1) is 0 Å². The van der Waals surface area contributed by atoms with Gasteiger partial charge in [0.15, 0.2) is 0 Å². The van der Waals surface area contributed by atoms with Crippen molar-refractivity contribution in [2.75, 3.05) is 0 Å². The summed E-state index contributed by atoms with van der Waals surface area (Å²) in [6.07, 6.45) is 3.94. The van der Waals surface area contributed by atoms with Gasteiger partial charge >= 0.3 is 0 Å². The molecule has 0 bridgehead atoms. The Morgan fingerprint density at radius 3 is 2.38 bits per heavy atom. The van der Waals surface area contributed by atoms with Crippen molar-refractivity contribution >= 4 is 43.9 Å². The summed E-state index contributed by atoms with van der Waals surface area (Å²) in [5.74, 6) is -1.05. The second kappa shape index (κ2) is 5.99. The third kappa shape index (κ3) is 3.12. The summed E-state index contributed by atoms with van der Waals surface area (Å²) in [6.45, 7) is 0. The van der Waals surface area contributed by atoms with Gasteiger partial charge in [-0.05, 0) is 29.5 Å². The van der Waals surface area contributed by atoms with Crippen molar-refractivity contribution < 1.29 is 30.7 Å². The Balaban J connectivity index is 2.61. The molecule has 136 valence electrons. The number of nitrogens with one attached hydrogen (secondary N) is 2. The topological polar surface area (TPSA) is 165 Å². The fourth-order valence-corrected chi connectivity index (χ4v) is 4.44. The summed E-state index contributed by atoms with van der Waals surface area (Å²) >= 11 is 0. The maximum Gasteiger partial charge on any atom is 0.295 e. The van der Waals surface area contributed by atoms with Crippen LogP contribution in [0.4, 0.5) is 0 Å². The normalized spacial score (nSPS) is 14.3. The molecule has 4 N–H and O–H groups in total. The van der Waals surface area contributed by atoms with Crippen molar-refractivity contribution in [2.45, 2.75) is 16.2 Å². The van der Waals surface area contributed by atoms with E-state index < -0.39 is 41.4 Å². The van der Waals surface area contributed by atoms with Gasteiger partial charge in [0.05, 0.1) is 11.3 Å². The van der Waals surface area contributed by atoms with Gasteiger partial charge in [-0.1, -0.05) is 6.08 Å². The van der Waals surface area contributed by atoms with Crippen molar-refractivity contribution in [2.24, 2.45) is 0 Å². The van der Waals surface area contributed by atoms with Crippen molar-refractivity contribution in [3.05, 3.63) is 46.1 Å². The standard InChI is InChI=1S/C15H12N2O7S2/c16-9-4-3-8-6-12(25(19,20)21)13(14(18)11-2-1-5-17-11)15(10(8)7-9)26(22,23)24/h1-3,5-7,16-17H,4H2,(H,19,20,21)(H,22,23,24). The number of H-pyrrole nitrogens is 1. The molecule has 0 aliphatic heterocycles. The maximum atomic E-state index is 12.7. The molecule has 0 unspecified atom stereocenters. The highest BCUT2D eigenvalue weighted by Gasteiger charge is 2.32. The van der Waals surface area contributed by atoms with Gasteiger partial charge < -0.3 is 10.4 Å². The molecule has 1 heterocycles. The van der Waals surface area contributed by atoms with Crippen molar-refractivity contribution in [1.29, 1.82) is 5.41 Å². The number of hydrogen-bond donors (Lipinski definition) is 4. The average Bonchev–Trinajstić information content (AvgIpc) is 3.04. The Morgan fingerprint density at radius 2 is 1.85 bits per heavy atom. The molecule has 11 heteroatoms. The Kier molecular flexibility index (Phi) is 4.19. The first kappa shape index (κ1) is 18.2. The summed E-state index contributed by atoms with van der Waals surface area (Å²) in [7, 11) is -10.1. The van der Waals surface area contributed by atoms with E-state index in [1.165, 1.54) is 24.4 Å². The zero-order valence-electron chi connectivity index (χ0n) is 12.9. The van der Waals surface area contributed by atoms with Gasteiger partial charge in [0.1, 0.15) is 9.79 Å². The molecule has 9 nitrogen and oxygen atoms in total. The molecule has 0 radical (unpaired) electrons. The molecule has 0 saturated carbocycles. The van der Waals surface area contributed by atoms with E-state index >= 15 is 0 Å². The van der Waals surface area contributed by atoms with Crippen LogP contribution in [0.3, 0.4) is 0 Å². The zero-order chi connectivity index (χ0) is 19.3. The SMILES string of the molecule is N=C1C=c2c(S(=O)(=O)O)c(C(=O)c3ccc[nH]3)c(S(=O)(=O)O)cc2=CC1. The lowest BCUT2D eigenvalue weighted by atomic mass is 10.0. The van der Waals surface area contributed by atoms with Crippen molar-refractivity contribution in [1.82, 2.24) is 4.98 Å². The Morgan fingerprint density at radius 1 is 1.15 bits per heavy atom. The molecule has 0 saturated heterocycles. The van der Waals surface area contributed by atoms with Gasteiger partial charge in [-0.3, -0.25) is 13.9 Å². The Bertz CT molecular complexity index is 1270. The molecule has 0 atom stereocenters. The average molecular weight is 396 g/mol. The number of rotatable bonds is 4. The van der Waals surface area contributed by atoms with Crippen LogP contribution < -0.4 is 10.4 Å². The third-order valence-electron chi connectivity index (χ3n) is 3.78. The molecule has 1 aromatic heterocycles. The lowest BCUT2D eigenvalue weighted by molar-refractivity contribution is 0.102. The summed E-state index contributed by atoms with van der Waals surface area (Å²) in [5.41, 5.74) is -1.04. The van der Waals surface area contributed by atoms with Crippen LogP contribution in [0.2, 0.25) is 0 Å². The van der Waals surface area contributed by atoms with Gasteiger partial charge in [0.2, 0.25) is 5.78 Å². The first-order valence-corrected chi connectivity index (χ1v) is 9.97. The number of benzene rings is 1. The zero-order valence-corrected chi connectivity index (χ0v) is 14.6. The quantitative estimate of drug-likeness (QED) is 0.407. The number of hydrogen-bond acceptors (Lipinski definition) is 6. The fourth-order valence-electron chi connectivity index (χ4n) is 2.73. The second-order valence-electron chi connectivity index (χ2n) is 5.52. The molecular formula is C15H12N2O7S2. The summed E-state index contributed by atoms with van der Waals surface area (Å²) in [5, 5.41) is 7.56. The number of carbonyl (C=O) groups is 1. The number of carbonyl (C=O) groups excluding carboxylic acids is 1. The first-order valence-electron chi connectivity index (χ1n) is 7.09. The smallest absolute Gasteiger partial charge is 0.295 e. The molecule has 2 aromatic rings. The lowest BCUT2D eigenvalue weighted by Gasteiger charge is -2.14. The highest BCUT2D eigenvalue weighted by molar-refractivity contribution is 7.86. The molecule has 1 aromatic carbocycles. The minimum Gasteiger partial charge on any atom is -0.359 e. The van der Waals surface area contributed by atoms with E-state index in [9.17, 15) is 30.7 Å². The molecule has 0 amide bonds. The number of fused-ring (bicyclic) bond motifs is 1. The van der Waals surface area contributed by atoms with Crippen LogP contribution in [-0.2, 0) is 20.2 Å². The summed E-state index contributed by atoms with van der Waals surface area (Å²) < 4.78 is 66.8. The molecule has 3 rings (SSSR count). The van der Waals surface area contributed by atoms with E-state index in [0.717, 1.165) is 12.1 Å². The van der Waals surface area contributed by atoms with Crippen LogP contribution in [-0.4, -0.2) is 42.4 Å². The second-order valence-corrected chi connectivity index (χ2v) is 8.27. The molecule has 1 aliphatic carbocycles. The molecular weight excluding hydrogens is 384 g/mol. The highest BCUT2D eigenvalue weighted by atomic mass is 32.2. The van der Waals surface area contributed by atoms with E-state index in [1.807, 2.05) is 0 Å². The third-order valence-corrected chi connectivity index (χ3v) is 5.60. The lowest BCUT2D eigenvalue weighted by Crippen LogP contribution is -2.37. The van der Waals surface area contributed by atoms with Crippen LogP contribution in [0.5, 0.6) is 0 Å². The van der Waals surface area contributed by atoms with Crippen LogP contribution in [0.15, 0.2) is 34.2 Å². The number of aromatic amines is 1. The number of aromatic nitrogens is 1. The van der Waals surface area contributed by atoms with Crippen LogP contribution in [0.25, 0.3) is 12.2 Å². The molecule has 0 spiro atoms. The van der Waals surface area contributed by atoms with E-state index in [4.69, 9.17) is 5.41 Å². The minimum absolute atomic E-state index is 0.000258. The summed E-state index contributed by atoms with van der Waals surface area (Å²) in [4.78, 5) is 13.4. The first-order chi connectivity index (χ1) is 12.0. The fraction of sp³-hybridized carbons (Fsp3) is 0.0667. The van der Waals surface area contributed by atoms with E-state index in [1.54, 1.807) is 0 Å². The molecule has 1 aliphatic rings. The van der Waals surface area contributed by atoms with Gasteiger partial charge in [-0.2, -0.15) is 16.8 Å². The van der Waals surface area contributed by atoms with Gasteiger partial charge in [0, 0.05) is 23.5 Å². The molecule has 26 heavy (non-hydrogen) atoms. The van der Waals surface area contributed by atoms with Crippen LogP contribution in [0, 0.1) is 5.41 Å². The highest BCUT2D eigenvalue weighted by Crippen LogP contribution is 2.23.